The van der Waals surface area contributed by atoms with Crippen LogP contribution in [-0.2, 0) is 14.4 Å². The molecule has 178 valence electrons. The van der Waals surface area contributed by atoms with Gasteiger partial charge in [-0.2, -0.15) is 0 Å². The van der Waals surface area contributed by atoms with Gasteiger partial charge >= 0.3 is 17.8 Å². The highest BCUT2D eigenvalue weighted by Crippen LogP contribution is 2.18. The number of anilines is 2. The van der Waals surface area contributed by atoms with Gasteiger partial charge in [-0.3, -0.25) is 24.1 Å². The minimum atomic E-state index is -1.02. The van der Waals surface area contributed by atoms with Crippen molar-refractivity contribution in [3.63, 3.8) is 0 Å². The van der Waals surface area contributed by atoms with Crippen molar-refractivity contribution in [1.82, 2.24) is 9.80 Å². The van der Waals surface area contributed by atoms with Crippen LogP contribution in [0, 0.1) is 0 Å². The van der Waals surface area contributed by atoms with Crippen LogP contribution >= 0.6 is 0 Å². The molecule has 0 unspecified atom stereocenters. The standard InChI is InChI=1S/C24H26N4O6/c1-3-5-14-27-22(31)23(32)28(24(27)33)15-20(29)25-17-8-6-16(7-9-17)21(30)26-18-10-12-19(13-11-18)34-4-2/h6-13H,3-5,14-15H2,1-2H3,(H,25,29)(H,26,30). The molecule has 10 nitrogen and oxygen atoms in total. The summed E-state index contributed by atoms with van der Waals surface area (Å²) in [5.41, 5.74) is 1.35. The zero-order valence-electron chi connectivity index (χ0n) is 19.0. The van der Waals surface area contributed by atoms with E-state index in [1.165, 1.54) is 24.3 Å². The summed E-state index contributed by atoms with van der Waals surface area (Å²) in [7, 11) is 0. The first-order valence-electron chi connectivity index (χ1n) is 11.0. The molecule has 2 aromatic rings. The summed E-state index contributed by atoms with van der Waals surface area (Å²) < 4.78 is 5.37. The van der Waals surface area contributed by atoms with Crippen LogP contribution in [0.5, 0.6) is 5.75 Å². The van der Waals surface area contributed by atoms with Gasteiger partial charge in [0.15, 0.2) is 0 Å². The van der Waals surface area contributed by atoms with Gasteiger partial charge in [0.05, 0.1) is 6.61 Å². The molecular weight excluding hydrogens is 440 g/mol. The van der Waals surface area contributed by atoms with Crippen LogP contribution < -0.4 is 15.4 Å². The van der Waals surface area contributed by atoms with Crippen LogP contribution in [0.2, 0.25) is 0 Å². The maximum atomic E-state index is 12.4. The Morgan fingerprint density at radius 2 is 1.41 bits per heavy atom. The zero-order valence-corrected chi connectivity index (χ0v) is 19.0. The average molecular weight is 466 g/mol. The Labute approximate surface area is 196 Å². The van der Waals surface area contributed by atoms with Crippen LogP contribution in [0.25, 0.3) is 0 Å². The molecule has 0 radical (unpaired) electrons. The molecule has 2 aromatic carbocycles. The summed E-state index contributed by atoms with van der Waals surface area (Å²) in [5.74, 6) is -2.21. The van der Waals surface area contributed by atoms with Crippen LogP contribution in [0.1, 0.15) is 37.0 Å². The van der Waals surface area contributed by atoms with Crippen molar-refractivity contribution in [3.05, 3.63) is 54.1 Å². The molecule has 0 spiro atoms. The van der Waals surface area contributed by atoms with Crippen molar-refractivity contribution in [1.29, 1.82) is 0 Å². The number of carbonyl (C=O) groups is 5. The molecule has 1 heterocycles. The van der Waals surface area contributed by atoms with Gasteiger partial charge in [-0.15, -0.1) is 0 Å². The van der Waals surface area contributed by atoms with Crippen molar-refractivity contribution in [2.75, 3.05) is 30.3 Å². The lowest BCUT2D eigenvalue weighted by atomic mass is 10.2. The summed E-state index contributed by atoms with van der Waals surface area (Å²) in [6.07, 6.45) is 1.32. The van der Waals surface area contributed by atoms with Gasteiger partial charge in [0.2, 0.25) is 5.91 Å². The van der Waals surface area contributed by atoms with Gasteiger partial charge in [0.1, 0.15) is 12.3 Å². The molecule has 1 fully saturated rings. The highest BCUT2D eigenvalue weighted by molar-refractivity contribution is 6.45. The Morgan fingerprint density at radius 1 is 0.824 bits per heavy atom. The van der Waals surface area contributed by atoms with E-state index in [4.69, 9.17) is 4.74 Å². The molecular formula is C24H26N4O6. The van der Waals surface area contributed by atoms with Crippen LogP contribution in [-0.4, -0.2) is 59.2 Å². The Kier molecular flexibility index (Phi) is 7.96. The molecule has 0 aromatic heterocycles. The minimum Gasteiger partial charge on any atom is -0.494 e. The van der Waals surface area contributed by atoms with Crippen molar-refractivity contribution in [3.8, 4) is 5.75 Å². The second kappa shape index (κ2) is 11.1. The molecule has 0 atom stereocenters. The van der Waals surface area contributed by atoms with Gasteiger partial charge in [0, 0.05) is 23.5 Å². The number of urea groups is 1. The van der Waals surface area contributed by atoms with E-state index in [1.54, 1.807) is 24.3 Å². The molecule has 3 rings (SSSR count). The quantitative estimate of drug-likeness (QED) is 0.410. The van der Waals surface area contributed by atoms with Crippen molar-refractivity contribution >= 4 is 41.0 Å². The van der Waals surface area contributed by atoms with Crippen molar-refractivity contribution in [2.24, 2.45) is 0 Å². The average Bonchev–Trinajstić information content (AvgIpc) is 3.02. The van der Waals surface area contributed by atoms with Gasteiger partial charge < -0.3 is 15.4 Å². The molecule has 0 bridgehead atoms. The van der Waals surface area contributed by atoms with Crippen molar-refractivity contribution < 1.29 is 28.7 Å². The topological polar surface area (TPSA) is 125 Å². The van der Waals surface area contributed by atoms with Crippen LogP contribution in [0.3, 0.4) is 0 Å². The fraction of sp³-hybridized carbons (Fsp3) is 0.292. The molecule has 10 heteroatoms. The van der Waals surface area contributed by atoms with E-state index in [1.807, 2.05) is 13.8 Å². The normalized spacial score (nSPS) is 13.3. The smallest absolute Gasteiger partial charge is 0.334 e. The second-order valence-corrected chi connectivity index (χ2v) is 7.52. The Morgan fingerprint density at radius 3 is 2.03 bits per heavy atom. The van der Waals surface area contributed by atoms with Crippen LogP contribution in [0.15, 0.2) is 48.5 Å². The second-order valence-electron chi connectivity index (χ2n) is 7.52. The van der Waals surface area contributed by atoms with Gasteiger partial charge in [0.25, 0.3) is 5.91 Å². The number of hydrogen-bond acceptors (Lipinski definition) is 6. The van der Waals surface area contributed by atoms with E-state index in [9.17, 15) is 24.0 Å². The molecule has 1 saturated heterocycles. The highest BCUT2D eigenvalue weighted by Gasteiger charge is 2.44. The van der Waals surface area contributed by atoms with E-state index in [0.717, 1.165) is 11.3 Å². The van der Waals surface area contributed by atoms with Crippen molar-refractivity contribution in [2.45, 2.75) is 26.7 Å². The number of imide groups is 2. The van der Waals surface area contributed by atoms with E-state index >= 15 is 0 Å². The molecule has 6 amide bonds. The maximum Gasteiger partial charge on any atom is 0.334 e. The number of hydrogen-bond donors (Lipinski definition) is 2. The highest BCUT2D eigenvalue weighted by atomic mass is 16.5. The van der Waals surface area contributed by atoms with Crippen LogP contribution in [0.4, 0.5) is 16.2 Å². The lowest BCUT2D eigenvalue weighted by molar-refractivity contribution is -0.143. The van der Waals surface area contributed by atoms with Gasteiger partial charge in [-0.25, -0.2) is 9.69 Å². The minimum absolute atomic E-state index is 0.137. The molecule has 1 aliphatic heterocycles. The first-order valence-corrected chi connectivity index (χ1v) is 11.0. The van der Waals surface area contributed by atoms with E-state index < -0.39 is 30.3 Å². The number of ether oxygens (including phenoxy) is 1. The monoisotopic (exact) mass is 466 g/mol. The fourth-order valence-corrected chi connectivity index (χ4v) is 3.26. The molecule has 34 heavy (non-hydrogen) atoms. The lowest BCUT2D eigenvalue weighted by Gasteiger charge is -2.15. The third-order valence-electron chi connectivity index (χ3n) is 5.03. The molecule has 1 aliphatic rings. The number of benzene rings is 2. The summed E-state index contributed by atoms with van der Waals surface area (Å²) in [6, 6.07) is 12.3. The first-order chi connectivity index (χ1) is 16.3. The third kappa shape index (κ3) is 5.77. The molecule has 2 N–H and O–H groups in total. The van der Waals surface area contributed by atoms with E-state index in [-0.39, 0.29) is 12.5 Å². The van der Waals surface area contributed by atoms with Gasteiger partial charge in [-0.1, -0.05) is 13.3 Å². The third-order valence-corrected chi connectivity index (χ3v) is 5.03. The predicted molar refractivity (Wildman–Crippen MR) is 124 cm³/mol. The molecule has 0 saturated carbocycles. The summed E-state index contributed by atoms with van der Waals surface area (Å²) in [5, 5.41) is 5.32. The molecule has 0 aliphatic carbocycles. The Balaban J connectivity index is 1.55. The first kappa shape index (κ1) is 24.4. The summed E-state index contributed by atoms with van der Waals surface area (Å²) in [6.45, 7) is 3.89. The van der Waals surface area contributed by atoms with E-state index in [0.29, 0.717) is 40.6 Å². The number of rotatable bonds is 10. The fourth-order valence-electron chi connectivity index (χ4n) is 3.26. The summed E-state index contributed by atoms with van der Waals surface area (Å²) in [4.78, 5) is 62.7. The van der Waals surface area contributed by atoms with Gasteiger partial charge in [-0.05, 0) is 61.9 Å². The Hall–Kier alpha value is -4.21. The number of carbonyl (C=O) groups excluding carboxylic acids is 5. The Bertz CT molecular complexity index is 1080. The number of unbranched alkanes of at least 4 members (excludes halogenated alkanes) is 1. The number of amides is 6. The lowest BCUT2D eigenvalue weighted by Crippen LogP contribution is -2.39. The summed E-state index contributed by atoms with van der Waals surface area (Å²) >= 11 is 0. The maximum absolute atomic E-state index is 12.4. The zero-order chi connectivity index (χ0) is 24.7. The number of nitrogens with one attached hydrogen (secondary N) is 2. The number of nitrogens with zero attached hydrogens (tertiary/aromatic N) is 2. The van der Waals surface area contributed by atoms with E-state index in [2.05, 4.69) is 10.6 Å². The largest absolute Gasteiger partial charge is 0.494 e. The SMILES string of the molecule is CCCCN1C(=O)C(=O)N(CC(=O)Nc2ccc(C(=O)Nc3ccc(OCC)cc3)cc2)C1=O. The predicted octanol–water partition coefficient (Wildman–Crippen LogP) is 2.87.